The van der Waals surface area contributed by atoms with E-state index >= 15 is 0 Å². The maximum Gasteiger partial charge on any atom is 0.254 e. The Morgan fingerprint density at radius 2 is 2.00 bits per heavy atom. The van der Waals surface area contributed by atoms with Crippen molar-refractivity contribution in [2.75, 3.05) is 20.8 Å². The van der Waals surface area contributed by atoms with E-state index in [4.69, 9.17) is 21.7 Å². The van der Waals surface area contributed by atoms with Gasteiger partial charge in [-0.25, -0.2) is 9.67 Å². The van der Waals surface area contributed by atoms with Crippen LogP contribution in [0.4, 0.5) is 0 Å². The molecule has 0 saturated carbocycles. The van der Waals surface area contributed by atoms with E-state index in [2.05, 4.69) is 21.0 Å². The van der Waals surface area contributed by atoms with Gasteiger partial charge < -0.3 is 9.47 Å². The van der Waals surface area contributed by atoms with E-state index in [9.17, 15) is 0 Å². The predicted molar refractivity (Wildman–Crippen MR) is 110 cm³/mol. The van der Waals surface area contributed by atoms with Gasteiger partial charge in [-0.2, -0.15) is 0 Å². The third-order valence-corrected chi connectivity index (χ3v) is 5.74. The van der Waals surface area contributed by atoms with Crippen LogP contribution in [0.15, 0.2) is 24.3 Å². The fourth-order valence-electron chi connectivity index (χ4n) is 4.05. The topological polar surface area (TPSA) is 56.8 Å². The molecule has 1 aromatic carbocycles. The molecular weight excluding hydrogens is 374 g/mol. The van der Waals surface area contributed by atoms with Crippen LogP contribution in [0, 0.1) is 18.6 Å². The highest BCUT2D eigenvalue weighted by molar-refractivity contribution is 7.71. The molecule has 1 saturated heterocycles. The van der Waals surface area contributed by atoms with Crippen molar-refractivity contribution in [2.45, 2.75) is 39.4 Å². The van der Waals surface area contributed by atoms with Gasteiger partial charge in [-0.05, 0) is 63.2 Å². The standard InChI is InChI=1S/C20H25N5O2S/c1-13-10-14(2)25-19(21-13)22-24(20(25)28)12-23-9-5-6-17(23)16-11-15(26-3)7-8-18(16)27-4/h7-8,10-11,17H,5-6,9,12H2,1-4H3/t17-/m0/s1. The van der Waals surface area contributed by atoms with Crippen LogP contribution in [0.1, 0.15) is 35.8 Å². The van der Waals surface area contributed by atoms with Crippen molar-refractivity contribution in [3.05, 3.63) is 46.0 Å². The van der Waals surface area contributed by atoms with E-state index < -0.39 is 0 Å². The Labute approximate surface area is 169 Å². The van der Waals surface area contributed by atoms with Crippen LogP contribution in [0.5, 0.6) is 11.5 Å². The second-order valence-electron chi connectivity index (χ2n) is 7.18. The van der Waals surface area contributed by atoms with Crippen LogP contribution in [-0.2, 0) is 6.67 Å². The Kier molecular flexibility index (Phi) is 5.07. The molecule has 3 heterocycles. The van der Waals surface area contributed by atoms with Crippen molar-refractivity contribution in [2.24, 2.45) is 0 Å². The Morgan fingerprint density at radius 3 is 2.75 bits per heavy atom. The van der Waals surface area contributed by atoms with Gasteiger partial charge in [-0.1, -0.05) is 0 Å². The molecule has 0 N–H and O–H groups in total. The Morgan fingerprint density at radius 1 is 1.18 bits per heavy atom. The summed E-state index contributed by atoms with van der Waals surface area (Å²) < 4.78 is 15.5. The third kappa shape index (κ3) is 3.27. The van der Waals surface area contributed by atoms with Crippen LogP contribution in [0.25, 0.3) is 5.78 Å². The van der Waals surface area contributed by atoms with Gasteiger partial charge in [0.1, 0.15) is 11.5 Å². The Balaban J connectivity index is 1.69. The number of benzene rings is 1. The lowest BCUT2D eigenvalue weighted by molar-refractivity contribution is 0.187. The highest BCUT2D eigenvalue weighted by Crippen LogP contribution is 2.39. The quantitative estimate of drug-likeness (QED) is 0.610. The summed E-state index contributed by atoms with van der Waals surface area (Å²) >= 11 is 5.69. The number of nitrogens with zero attached hydrogens (tertiary/aromatic N) is 5. The highest BCUT2D eigenvalue weighted by Gasteiger charge is 2.29. The number of fused-ring (bicyclic) bond motifs is 1. The van der Waals surface area contributed by atoms with Gasteiger partial charge in [0.2, 0.25) is 4.77 Å². The zero-order chi connectivity index (χ0) is 19.8. The van der Waals surface area contributed by atoms with E-state index in [-0.39, 0.29) is 6.04 Å². The van der Waals surface area contributed by atoms with Gasteiger partial charge >= 0.3 is 0 Å². The highest BCUT2D eigenvalue weighted by atomic mass is 32.1. The van der Waals surface area contributed by atoms with Gasteiger partial charge in [0.15, 0.2) is 0 Å². The summed E-state index contributed by atoms with van der Waals surface area (Å²) in [6.45, 7) is 5.60. The molecule has 0 radical (unpaired) electrons. The molecule has 0 bridgehead atoms. The zero-order valence-electron chi connectivity index (χ0n) is 16.7. The zero-order valence-corrected chi connectivity index (χ0v) is 17.5. The van der Waals surface area contributed by atoms with Crippen LogP contribution in [0.3, 0.4) is 0 Å². The lowest BCUT2D eigenvalue weighted by atomic mass is 10.0. The number of aromatic nitrogens is 4. The van der Waals surface area contributed by atoms with Gasteiger partial charge in [-0.15, -0.1) is 5.10 Å². The molecule has 8 heteroatoms. The normalized spacial score (nSPS) is 17.4. The molecule has 1 aliphatic rings. The minimum absolute atomic E-state index is 0.229. The number of rotatable bonds is 5. The molecule has 7 nitrogen and oxygen atoms in total. The second kappa shape index (κ2) is 7.52. The lowest BCUT2D eigenvalue weighted by Crippen LogP contribution is -2.27. The molecule has 0 aliphatic carbocycles. The maximum atomic E-state index is 5.69. The van der Waals surface area contributed by atoms with Crippen molar-refractivity contribution in [3.8, 4) is 11.5 Å². The molecule has 3 aromatic rings. The summed E-state index contributed by atoms with van der Waals surface area (Å²) in [5.74, 6) is 2.36. The van der Waals surface area contributed by atoms with Crippen LogP contribution >= 0.6 is 12.2 Å². The first-order chi connectivity index (χ1) is 13.5. The fraction of sp³-hybridized carbons (Fsp3) is 0.450. The third-order valence-electron chi connectivity index (χ3n) is 5.34. The first kappa shape index (κ1) is 18.9. The molecule has 148 valence electrons. The van der Waals surface area contributed by atoms with Gasteiger partial charge in [0.25, 0.3) is 5.78 Å². The summed E-state index contributed by atoms with van der Waals surface area (Å²) in [6.07, 6.45) is 2.17. The van der Waals surface area contributed by atoms with Crippen molar-refractivity contribution in [1.29, 1.82) is 0 Å². The molecular formula is C20H25N5O2S. The lowest BCUT2D eigenvalue weighted by Gasteiger charge is -2.26. The van der Waals surface area contributed by atoms with Crippen LogP contribution in [-0.4, -0.2) is 44.8 Å². The summed E-state index contributed by atoms with van der Waals surface area (Å²) in [7, 11) is 3.39. The first-order valence-corrected chi connectivity index (χ1v) is 9.82. The molecule has 0 spiro atoms. The molecule has 1 atom stereocenters. The molecule has 4 rings (SSSR count). The summed E-state index contributed by atoms with van der Waals surface area (Å²) in [4.78, 5) is 6.92. The first-order valence-electron chi connectivity index (χ1n) is 9.41. The van der Waals surface area contributed by atoms with Crippen LogP contribution in [0.2, 0.25) is 0 Å². The summed E-state index contributed by atoms with van der Waals surface area (Å²) in [6, 6.07) is 8.22. The van der Waals surface area contributed by atoms with Crippen molar-refractivity contribution >= 4 is 18.0 Å². The number of ether oxygens (including phenoxy) is 2. The van der Waals surface area contributed by atoms with E-state index in [1.54, 1.807) is 14.2 Å². The number of hydrogen-bond donors (Lipinski definition) is 0. The molecule has 2 aromatic heterocycles. The molecule has 1 fully saturated rings. The fourth-order valence-corrected chi connectivity index (χ4v) is 4.37. The van der Waals surface area contributed by atoms with E-state index in [0.29, 0.717) is 17.2 Å². The van der Waals surface area contributed by atoms with Gasteiger partial charge in [-0.3, -0.25) is 9.30 Å². The number of likely N-dealkylation sites (tertiary alicyclic amines) is 1. The van der Waals surface area contributed by atoms with E-state index in [0.717, 1.165) is 47.8 Å². The monoisotopic (exact) mass is 399 g/mol. The maximum absolute atomic E-state index is 5.69. The number of methoxy groups -OCH3 is 2. The summed E-state index contributed by atoms with van der Waals surface area (Å²) in [5, 5.41) is 4.67. The van der Waals surface area contributed by atoms with Crippen molar-refractivity contribution in [3.63, 3.8) is 0 Å². The molecule has 0 amide bonds. The minimum atomic E-state index is 0.229. The second-order valence-corrected chi connectivity index (χ2v) is 7.54. The predicted octanol–water partition coefficient (Wildman–Crippen LogP) is 3.69. The molecule has 1 aliphatic heterocycles. The largest absolute Gasteiger partial charge is 0.497 e. The van der Waals surface area contributed by atoms with Gasteiger partial charge in [0.05, 0.1) is 20.9 Å². The Hall–Kier alpha value is -2.45. The number of hydrogen-bond acceptors (Lipinski definition) is 6. The van der Waals surface area contributed by atoms with E-state index in [1.165, 1.54) is 0 Å². The number of aryl methyl sites for hydroxylation is 2. The molecule has 0 unspecified atom stereocenters. The van der Waals surface area contributed by atoms with Gasteiger partial charge in [0, 0.05) is 29.5 Å². The van der Waals surface area contributed by atoms with E-state index in [1.807, 2.05) is 41.1 Å². The molecule has 28 heavy (non-hydrogen) atoms. The average molecular weight is 400 g/mol. The average Bonchev–Trinajstić information content (AvgIpc) is 3.26. The minimum Gasteiger partial charge on any atom is -0.497 e. The summed E-state index contributed by atoms with van der Waals surface area (Å²) in [5.41, 5.74) is 3.13. The Bertz CT molecular complexity index is 1070. The smallest absolute Gasteiger partial charge is 0.254 e. The van der Waals surface area contributed by atoms with Crippen molar-refractivity contribution < 1.29 is 9.47 Å². The van der Waals surface area contributed by atoms with Crippen molar-refractivity contribution in [1.82, 2.24) is 24.1 Å². The SMILES string of the molecule is COc1ccc(OC)c([C@@H]2CCCN2Cn2nc3nc(C)cc(C)n3c2=S)c1. The van der Waals surface area contributed by atoms with Crippen LogP contribution < -0.4 is 9.47 Å².